The first-order valence-corrected chi connectivity index (χ1v) is 13.5. The van der Waals surface area contributed by atoms with Crippen LogP contribution in [0.1, 0.15) is 44.3 Å². The van der Waals surface area contributed by atoms with Crippen molar-refractivity contribution in [3.8, 4) is 17.5 Å². The van der Waals surface area contributed by atoms with E-state index in [2.05, 4.69) is 33.5 Å². The van der Waals surface area contributed by atoms with Crippen molar-refractivity contribution in [3.63, 3.8) is 0 Å². The van der Waals surface area contributed by atoms with Crippen LogP contribution in [-0.2, 0) is 22.4 Å². The number of anilines is 1. The molecular weight excluding hydrogens is 508 g/mol. The molecule has 0 saturated carbocycles. The Morgan fingerprint density at radius 2 is 1.82 bits per heavy atom. The average molecular weight is 533 g/mol. The van der Waals surface area contributed by atoms with Crippen molar-refractivity contribution in [2.45, 2.75) is 25.2 Å². The fourth-order valence-corrected chi connectivity index (χ4v) is 6.42. The van der Waals surface area contributed by atoms with Crippen LogP contribution in [0.5, 0.6) is 0 Å². The normalized spacial score (nSPS) is 14.4. The van der Waals surface area contributed by atoms with Gasteiger partial charge in [-0.15, -0.1) is 11.3 Å². The Hall–Kier alpha value is -4.74. The number of ether oxygens (including phenoxy) is 1. The summed E-state index contributed by atoms with van der Waals surface area (Å²) in [7, 11) is 0. The molecule has 8 heteroatoms. The Morgan fingerprint density at radius 1 is 1.05 bits per heavy atom. The summed E-state index contributed by atoms with van der Waals surface area (Å²) in [5.41, 5.74) is 5.35. The number of aromatic nitrogens is 2. The summed E-state index contributed by atoms with van der Waals surface area (Å²) >= 11 is 1.44. The number of nitrogens with one attached hydrogen (secondary N) is 2. The number of benzene rings is 3. The third kappa shape index (κ3) is 4.92. The molecule has 2 N–H and O–H groups in total. The molecule has 1 amide bonds. The average Bonchev–Trinajstić information content (AvgIpc) is 3.56. The molecule has 7 nitrogen and oxygen atoms in total. The van der Waals surface area contributed by atoms with Crippen LogP contribution in [0.2, 0.25) is 0 Å². The van der Waals surface area contributed by atoms with Crippen LogP contribution in [0.3, 0.4) is 0 Å². The van der Waals surface area contributed by atoms with E-state index in [9.17, 15) is 14.9 Å². The Bertz CT molecular complexity index is 1700. The second-order valence-corrected chi connectivity index (χ2v) is 10.5. The number of amides is 1. The summed E-state index contributed by atoms with van der Waals surface area (Å²) in [6.45, 7) is -0.465. The number of rotatable bonds is 6. The molecule has 3 aromatic carbocycles. The molecule has 6 rings (SSSR count). The number of nitriles is 1. The number of hydrogen-bond acceptors (Lipinski definition) is 6. The van der Waals surface area contributed by atoms with Crippen molar-refractivity contribution >= 4 is 39.2 Å². The summed E-state index contributed by atoms with van der Waals surface area (Å²) in [4.78, 5) is 34.7. The molecule has 0 saturated heterocycles. The van der Waals surface area contributed by atoms with Crippen molar-refractivity contribution in [2.75, 3.05) is 11.9 Å². The van der Waals surface area contributed by atoms with Crippen molar-refractivity contribution < 1.29 is 14.3 Å². The van der Waals surface area contributed by atoms with Crippen molar-refractivity contribution in [3.05, 3.63) is 106 Å². The van der Waals surface area contributed by atoms with Gasteiger partial charge in [0.25, 0.3) is 5.91 Å². The summed E-state index contributed by atoms with van der Waals surface area (Å²) < 4.78 is 5.38. The highest BCUT2D eigenvalue weighted by Gasteiger charge is 2.27. The molecule has 0 radical (unpaired) electrons. The fourth-order valence-electron chi connectivity index (χ4n) is 5.12. The van der Waals surface area contributed by atoms with Gasteiger partial charge in [-0.05, 0) is 54.5 Å². The highest BCUT2D eigenvalue weighted by atomic mass is 32.1. The molecule has 2 aromatic heterocycles. The Labute approximate surface area is 229 Å². The zero-order valence-corrected chi connectivity index (χ0v) is 21.8. The fraction of sp³-hybridized carbons (Fsp3) is 0.161. The highest BCUT2D eigenvalue weighted by molar-refractivity contribution is 7.16. The zero-order valence-electron chi connectivity index (χ0n) is 20.9. The second-order valence-electron chi connectivity index (χ2n) is 9.44. The lowest BCUT2D eigenvalue weighted by Crippen LogP contribution is -2.21. The van der Waals surface area contributed by atoms with Crippen LogP contribution in [0, 0.1) is 11.3 Å². The smallest absolute Gasteiger partial charge is 0.339 e. The molecule has 5 aromatic rings. The number of fused-ring (bicyclic) bond motifs is 2. The lowest BCUT2D eigenvalue weighted by atomic mass is 9.83. The Kier molecular flexibility index (Phi) is 6.66. The lowest BCUT2D eigenvalue weighted by molar-refractivity contribution is -0.119. The van der Waals surface area contributed by atoms with Gasteiger partial charge in [-0.2, -0.15) is 5.26 Å². The van der Waals surface area contributed by atoms with Gasteiger partial charge in [0.1, 0.15) is 16.9 Å². The summed E-state index contributed by atoms with van der Waals surface area (Å²) in [6, 6.07) is 27.2. The zero-order chi connectivity index (χ0) is 26.8. The van der Waals surface area contributed by atoms with Gasteiger partial charge in [0, 0.05) is 10.4 Å². The number of aromatic amines is 1. The van der Waals surface area contributed by atoms with Gasteiger partial charge < -0.3 is 15.0 Å². The number of carbonyl (C=O) groups excluding carboxylic acids is 2. The molecule has 0 spiro atoms. The minimum Gasteiger partial charge on any atom is -0.452 e. The number of esters is 1. The Morgan fingerprint density at radius 3 is 2.64 bits per heavy atom. The van der Waals surface area contributed by atoms with Gasteiger partial charge >= 0.3 is 5.97 Å². The molecule has 1 unspecified atom stereocenters. The van der Waals surface area contributed by atoms with Crippen molar-refractivity contribution in [2.24, 2.45) is 0 Å². The van der Waals surface area contributed by atoms with Crippen LogP contribution in [-0.4, -0.2) is 28.5 Å². The maximum atomic E-state index is 13.0. The quantitative estimate of drug-likeness (QED) is 0.252. The van der Waals surface area contributed by atoms with E-state index in [0.717, 1.165) is 40.7 Å². The third-order valence-electron chi connectivity index (χ3n) is 7.03. The van der Waals surface area contributed by atoms with Gasteiger partial charge in [0.15, 0.2) is 6.61 Å². The minimum atomic E-state index is -0.627. The number of imidazole rings is 1. The van der Waals surface area contributed by atoms with Crippen LogP contribution < -0.4 is 5.32 Å². The van der Waals surface area contributed by atoms with Crippen molar-refractivity contribution in [1.29, 1.82) is 5.26 Å². The monoisotopic (exact) mass is 532 g/mol. The number of hydrogen-bond donors (Lipinski definition) is 2. The van der Waals surface area contributed by atoms with E-state index < -0.39 is 18.5 Å². The topological polar surface area (TPSA) is 108 Å². The first-order chi connectivity index (χ1) is 19.1. The standard InChI is InChI=1S/C31H24N4O3S/c32-17-24-21-15-14-20(19-8-2-1-3-9-19)16-27(21)39-30(24)35-28(36)18-38-31(37)23-11-5-4-10-22(23)29-33-25-12-6-7-13-26(25)34-29/h1-13,20H,14-16,18H2,(H,33,34)(H,35,36). The van der Waals surface area contributed by atoms with E-state index >= 15 is 0 Å². The molecule has 0 aliphatic heterocycles. The minimum absolute atomic E-state index is 0.306. The van der Waals surface area contributed by atoms with Crippen LogP contribution in [0.25, 0.3) is 22.4 Å². The first kappa shape index (κ1) is 24.6. The van der Waals surface area contributed by atoms with E-state index in [0.29, 0.717) is 33.4 Å². The number of H-pyrrole nitrogens is 1. The number of para-hydroxylation sites is 2. The van der Waals surface area contributed by atoms with E-state index in [4.69, 9.17) is 4.74 Å². The molecule has 0 fully saturated rings. The predicted molar refractivity (Wildman–Crippen MR) is 151 cm³/mol. The van der Waals surface area contributed by atoms with E-state index in [1.807, 2.05) is 48.5 Å². The molecule has 39 heavy (non-hydrogen) atoms. The molecule has 1 aliphatic rings. The molecular formula is C31H24N4O3S. The Balaban J connectivity index is 1.14. The SMILES string of the molecule is N#Cc1c(NC(=O)COC(=O)c2ccccc2-c2nc3ccccc3[nH]2)sc2c1CCC(c1ccccc1)C2. The van der Waals surface area contributed by atoms with E-state index in [1.54, 1.807) is 18.2 Å². The molecule has 1 aliphatic carbocycles. The first-order valence-electron chi connectivity index (χ1n) is 12.7. The predicted octanol–water partition coefficient (Wildman–Crippen LogP) is 6.23. The van der Waals surface area contributed by atoms with Gasteiger partial charge in [0.05, 0.1) is 22.2 Å². The summed E-state index contributed by atoms with van der Waals surface area (Å²) in [5.74, 6) is -0.178. The number of thiophene rings is 1. The molecule has 0 bridgehead atoms. The second kappa shape index (κ2) is 10.6. The van der Waals surface area contributed by atoms with Gasteiger partial charge in [-0.25, -0.2) is 9.78 Å². The summed E-state index contributed by atoms with van der Waals surface area (Å²) in [5, 5.41) is 13.1. The largest absolute Gasteiger partial charge is 0.452 e. The third-order valence-corrected chi connectivity index (χ3v) is 8.20. The maximum absolute atomic E-state index is 13.0. The van der Waals surface area contributed by atoms with E-state index in [-0.39, 0.29) is 0 Å². The maximum Gasteiger partial charge on any atom is 0.339 e. The van der Waals surface area contributed by atoms with Gasteiger partial charge in [0.2, 0.25) is 0 Å². The molecule has 192 valence electrons. The van der Waals surface area contributed by atoms with Crippen LogP contribution >= 0.6 is 11.3 Å². The lowest BCUT2D eigenvalue weighted by Gasteiger charge is -2.22. The van der Waals surface area contributed by atoms with Crippen LogP contribution in [0.15, 0.2) is 78.9 Å². The van der Waals surface area contributed by atoms with E-state index in [1.165, 1.54) is 16.9 Å². The number of carbonyl (C=O) groups is 2. The van der Waals surface area contributed by atoms with Crippen molar-refractivity contribution in [1.82, 2.24) is 9.97 Å². The molecule has 1 atom stereocenters. The summed E-state index contributed by atoms with van der Waals surface area (Å²) in [6.07, 6.45) is 2.58. The highest BCUT2D eigenvalue weighted by Crippen LogP contribution is 2.42. The van der Waals surface area contributed by atoms with Gasteiger partial charge in [-0.1, -0.05) is 60.7 Å². The van der Waals surface area contributed by atoms with Gasteiger partial charge in [-0.3, -0.25) is 4.79 Å². The van der Waals surface area contributed by atoms with Crippen LogP contribution in [0.4, 0.5) is 5.00 Å². The molecule has 2 heterocycles. The number of nitrogens with zero attached hydrogens (tertiary/aromatic N) is 2.